The summed E-state index contributed by atoms with van der Waals surface area (Å²) in [6.07, 6.45) is 6.40. The number of fused-ring (bicyclic) bond motifs is 4. The van der Waals surface area contributed by atoms with Gasteiger partial charge in [0.15, 0.2) is 5.13 Å². The van der Waals surface area contributed by atoms with Gasteiger partial charge in [0, 0.05) is 9.75 Å². The summed E-state index contributed by atoms with van der Waals surface area (Å²) in [4.78, 5) is 40.4. The van der Waals surface area contributed by atoms with Crippen LogP contribution in [-0.4, -0.2) is 26.6 Å². The van der Waals surface area contributed by atoms with E-state index in [2.05, 4.69) is 27.2 Å². The molecule has 1 amide bonds. The van der Waals surface area contributed by atoms with Crippen molar-refractivity contribution < 1.29 is 4.79 Å². The highest BCUT2D eigenvalue weighted by Gasteiger charge is 2.22. The highest BCUT2D eigenvalue weighted by molar-refractivity contribution is 7.99. The van der Waals surface area contributed by atoms with Gasteiger partial charge in [-0.1, -0.05) is 6.92 Å². The van der Waals surface area contributed by atoms with Gasteiger partial charge in [-0.05, 0) is 50.0 Å². The average Bonchev–Trinajstić information content (AvgIpc) is 3.34. The van der Waals surface area contributed by atoms with Crippen LogP contribution in [0.4, 0.5) is 5.13 Å². The Morgan fingerprint density at radius 2 is 2.14 bits per heavy atom. The van der Waals surface area contributed by atoms with Crippen LogP contribution in [0.5, 0.6) is 0 Å². The van der Waals surface area contributed by atoms with Crippen molar-refractivity contribution in [1.29, 1.82) is 0 Å². The number of hydrogen-bond acceptors (Lipinski definition) is 7. The summed E-state index contributed by atoms with van der Waals surface area (Å²) in [5.74, 6) is 2.08. The molecule has 1 unspecified atom stereocenters. The summed E-state index contributed by atoms with van der Waals surface area (Å²) < 4.78 is 0. The molecule has 0 saturated carbocycles. The zero-order chi connectivity index (χ0) is 20.0. The molecule has 0 radical (unpaired) electrons. The van der Waals surface area contributed by atoms with Gasteiger partial charge in [-0.3, -0.25) is 9.59 Å². The number of rotatable bonds is 5. The van der Waals surface area contributed by atoms with E-state index in [1.54, 1.807) is 22.7 Å². The summed E-state index contributed by atoms with van der Waals surface area (Å²) >= 11 is 4.70. The minimum absolute atomic E-state index is 0.0444. The zero-order valence-corrected chi connectivity index (χ0v) is 18.6. The Balaban J connectivity index is 1.19. The summed E-state index contributed by atoms with van der Waals surface area (Å²) in [7, 11) is 0. The maximum Gasteiger partial charge on any atom is 0.259 e. The number of thioether (sulfide) groups is 1. The highest BCUT2D eigenvalue weighted by atomic mass is 32.2. The quantitative estimate of drug-likeness (QED) is 0.620. The molecule has 9 heteroatoms. The number of nitrogens with zero attached hydrogens (tertiary/aromatic N) is 2. The molecule has 3 heterocycles. The van der Waals surface area contributed by atoms with E-state index < -0.39 is 0 Å². The number of aromatic nitrogens is 3. The maximum absolute atomic E-state index is 12.5. The minimum Gasteiger partial charge on any atom is -0.309 e. The molecule has 0 bridgehead atoms. The molecule has 0 saturated heterocycles. The SMILES string of the molecule is CC1CCc2nc(NC(=O)CSCc3nc4sc5c(c4c(=O)[nH]3)CCC5)sc2C1. The fourth-order valence-electron chi connectivity index (χ4n) is 4.10. The van der Waals surface area contributed by atoms with Crippen LogP contribution in [0, 0.1) is 5.92 Å². The molecule has 1 atom stereocenters. The van der Waals surface area contributed by atoms with Crippen LogP contribution in [0.3, 0.4) is 0 Å². The first kappa shape index (κ1) is 19.3. The third-order valence-electron chi connectivity index (χ3n) is 5.53. The van der Waals surface area contributed by atoms with Gasteiger partial charge in [-0.2, -0.15) is 0 Å². The molecule has 5 rings (SSSR count). The van der Waals surface area contributed by atoms with Crippen molar-refractivity contribution in [3.63, 3.8) is 0 Å². The number of anilines is 1. The number of thiophene rings is 1. The van der Waals surface area contributed by atoms with Crippen molar-refractivity contribution >= 4 is 55.7 Å². The third-order valence-corrected chi connectivity index (χ3v) is 8.69. The zero-order valence-electron chi connectivity index (χ0n) is 16.2. The molecule has 29 heavy (non-hydrogen) atoms. The maximum atomic E-state index is 12.5. The Labute approximate surface area is 180 Å². The Morgan fingerprint density at radius 1 is 1.24 bits per heavy atom. The van der Waals surface area contributed by atoms with E-state index in [1.807, 2.05) is 0 Å². The van der Waals surface area contributed by atoms with E-state index in [0.717, 1.165) is 48.0 Å². The molecular formula is C20H22N4O2S3. The minimum atomic E-state index is -0.0623. The summed E-state index contributed by atoms with van der Waals surface area (Å²) in [6.45, 7) is 2.26. The molecule has 0 aliphatic heterocycles. The van der Waals surface area contributed by atoms with Gasteiger partial charge in [0.25, 0.3) is 5.56 Å². The average molecular weight is 447 g/mol. The first-order valence-corrected chi connectivity index (χ1v) is 12.7. The van der Waals surface area contributed by atoms with Crippen molar-refractivity contribution in [2.75, 3.05) is 11.1 Å². The summed E-state index contributed by atoms with van der Waals surface area (Å²) in [5.41, 5.74) is 2.30. The standard InChI is InChI=1S/C20H22N4O2S3/c1-10-5-6-12-14(7-10)29-20(21-12)24-16(25)9-27-8-15-22-18(26)17-11-3-2-4-13(11)28-19(17)23-15/h10H,2-9H2,1H3,(H,21,24,25)(H,22,23,26). The van der Waals surface area contributed by atoms with Crippen LogP contribution in [-0.2, 0) is 36.2 Å². The smallest absolute Gasteiger partial charge is 0.259 e. The van der Waals surface area contributed by atoms with Gasteiger partial charge in [0.2, 0.25) is 5.91 Å². The van der Waals surface area contributed by atoms with Gasteiger partial charge in [-0.25, -0.2) is 9.97 Å². The lowest BCUT2D eigenvalue weighted by molar-refractivity contribution is -0.113. The lowest BCUT2D eigenvalue weighted by atomic mass is 9.93. The number of carbonyl (C=O) groups is 1. The predicted molar refractivity (Wildman–Crippen MR) is 120 cm³/mol. The Kier molecular flexibility index (Phi) is 5.21. The van der Waals surface area contributed by atoms with E-state index in [0.29, 0.717) is 28.4 Å². The molecule has 0 fully saturated rings. The molecule has 2 aliphatic carbocycles. The highest BCUT2D eigenvalue weighted by Crippen LogP contribution is 2.35. The van der Waals surface area contributed by atoms with Crippen molar-refractivity contribution in [3.8, 4) is 0 Å². The number of aromatic amines is 1. The van der Waals surface area contributed by atoms with Gasteiger partial charge in [-0.15, -0.1) is 34.4 Å². The molecule has 0 aromatic carbocycles. The second-order valence-electron chi connectivity index (χ2n) is 7.83. The van der Waals surface area contributed by atoms with Gasteiger partial charge < -0.3 is 10.3 Å². The molecule has 3 aromatic rings. The van der Waals surface area contributed by atoms with Crippen LogP contribution in [0.1, 0.15) is 46.6 Å². The molecule has 2 N–H and O–H groups in total. The van der Waals surface area contributed by atoms with E-state index in [1.165, 1.54) is 33.5 Å². The molecule has 152 valence electrons. The number of amides is 1. The normalized spacial score (nSPS) is 18.0. The molecule has 2 aliphatic rings. The fraction of sp³-hybridized carbons (Fsp3) is 0.500. The topological polar surface area (TPSA) is 87.7 Å². The number of carbonyl (C=O) groups excluding carboxylic acids is 1. The Hall–Kier alpha value is -1.71. The summed E-state index contributed by atoms with van der Waals surface area (Å²) in [6, 6.07) is 0. The van der Waals surface area contributed by atoms with Crippen LogP contribution < -0.4 is 10.9 Å². The number of thiazole rings is 1. The largest absolute Gasteiger partial charge is 0.309 e. The van der Waals surface area contributed by atoms with Crippen molar-refractivity contribution in [2.24, 2.45) is 5.92 Å². The van der Waals surface area contributed by atoms with Crippen LogP contribution >= 0.6 is 34.4 Å². The number of hydrogen-bond donors (Lipinski definition) is 2. The molecule has 3 aromatic heterocycles. The fourth-order valence-corrected chi connectivity index (χ4v) is 7.26. The van der Waals surface area contributed by atoms with Crippen LogP contribution in [0.2, 0.25) is 0 Å². The van der Waals surface area contributed by atoms with E-state index in [-0.39, 0.29) is 11.5 Å². The second-order valence-corrected chi connectivity index (χ2v) is 11.0. The predicted octanol–water partition coefficient (Wildman–Crippen LogP) is 3.93. The Bertz CT molecular complexity index is 1150. The second kappa shape index (κ2) is 7.85. The number of aryl methyl sites for hydroxylation is 3. The Morgan fingerprint density at radius 3 is 3.03 bits per heavy atom. The number of nitrogens with one attached hydrogen (secondary N) is 2. The monoisotopic (exact) mass is 446 g/mol. The summed E-state index contributed by atoms with van der Waals surface area (Å²) in [5, 5.41) is 4.40. The van der Waals surface area contributed by atoms with Crippen LogP contribution in [0.25, 0.3) is 10.2 Å². The van der Waals surface area contributed by atoms with E-state index >= 15 is 0 Å². The van der Waals surface area contributed by atoms with Crippen molar-refractivity contribution in [2.45, 2.75) is 51.2 Å². The first-order chi connectivity index (χ1) is 14.1. The van der Waals surface area contributed by atoms with Crippen LogP contribution in [0.15, 0.2) is 4.79 Å². The first-order valence-electron chi connectivity index (χ1n) is 9.96. The molecule has 0 spiro atoms. The van der Waals surface area contributed by atoms with Gasteiger partial charge in [0.05, 0.1) is 22.6 Å². The van der Waals surface area contributed by atoms with E-state index in [9.17, 15) is 9.59 Å². The molecule has 6 nitrogen and oxygen atoms in total. The number of H-pyrrole nitrogens is 1. The van der Waals surface area contributed by atoms with E-state index in [4.69, 9.17) is 0 Å². The third kappa shape index (κ3) is 3.87. The lowest BCUT2D eigenvalue weighted by Gasteiger charge is -2.15. The van der Waals surface area contributed by atoms with Gasteiger partial charge >= 0.3 is 0 Å². The lowest BCUT2D eigenvalue weighted by Crippen LogP contribution is -2.15. The van der Waals surface area contributed by atoms with Crippen molar-refractivity contribution in [3.05, 3.63) is 37.2 Å². The van der Waals surface area contributed by atoms with Crippen molar-refractivity contribution in [1.82, 2.24) is 15.0 Å². The van der Waals surface area contributed by atoms with Gasteiger partial charge in [0.1, 0.15) is 10.7 Å². The molecular weight excluding hydrogens is 424 g/mol.